The first-order valence-corrected chi connectivity index (χ1v) is 33.3. The lowest BCUT2D eigenvalue weighted by molar-refractivity contribution is 1.25. The van der Waals surface area contributed by atoms with Gasteiger partial charge in [-0.2, -0.15) is 0 Å². The second kappa shape index (κ2) is 22.7. The second-order valence-corrected chi connectivity index (χ2v) is 25.5. The standard InChI is InChI=1S/C90H60B2N4/c1-6-22-61(23-7-1)69-32-19-35-76(57-69)96-86-41-21-40-85-89(86)91(79-54-47-72(60-88(79)96)64-28-12-4-13-29-64)78-53-46-71(63-26-10-3-11-27-63)59-87(78)95(85)75-51-44-66(45-52-75)68-31-18-30-67(56-68)65-42-49-74(50-43-65)94-82-55-48-70(62-24-8-2-9-25-62)58-80(82)92-77-36-16-17-37-81(77)93(73-33-14-5-15-34-73)83-38-20-39-84(94)90(83)92/h1-60H. The van der Waals surface area contributed by atoms with Crippen LogP contribution < -0.4 is 52.4 Å². The summed E-state index contributed by atoms with van der Waals surface area (Å²) in [7, 11) is 0. The van der Waals surface area contributed by atoms with Crippen LogP contribution in [0.5, 0.6) is 0 Å². The van der Waals surface area contributed by atoms with Crippen molar-refractivity contribution < 1.29 is 0 Å². The zero-order valence-corrected chi connectivity index (χ0v) is 52.6. The molecule has 0 atom stereocenters. The number of anilines is 12. The summed E-state index contributed by atoms with van der Waals surface area (Å²) >= 11 is 0. The van der Waals surface area contributed by atoms with Gasteiger partial charge in [0.1, 0.15) is 0 Å². The Hall–Kier alpha value is -12.4. The van der Waals surface area contributed by atoms with Gasteiger partial charge in [-0.15, -0.1) is 0 Å². The molecule has 6 heteroatoms. The molecule has 0 unspecified atom stereocenters. The Bertz CT molecular complexity index is 5490. The Balaban J connectivity index is 0.696. The van der Waals surface area contributed by atoms with Gasteiger partial charge in [-0.1, -0.05) is 261 Å². The molecule has 0 aliphatic carbocycles. The Kier molecular flexibility index (Phi) is 13.1. The van der Waals surface area contributed by atoms with Gasteiger partial charge < -0.3 is 19.6 Å². The lowest BCUT2D eigenvalue weighted by Crippen LogP contribution is -2.61. The minimum atomic E-state index is -0.0272. The maximum atomic E-state index is 2.52. The van der Waals surface area contributed by atoms with Gasteiger partial charge in [0.2, 0.25) is 0 Å². The van der Waals surface area contributed by atoms with E-state index in [2.05, 4.69) is 384 Å². The van der Waals surface area contributed by atoms with Crippen LogP contribution >= 0.6 is 0 Å². The predicted octanol–water partition coefficient (Wildman–Crippen LogP) is 19.9. The summed E-state index contributed by atoms with van der Waals surface area (Å²) in [6, 6.07) is 135. The third-order valence-corrected chi connectivity index (χ3v) is 20.2. The van der Waals surface area contributed by atoms with E-state index >= 15 is 0 Å². The van der Waals surface area contributed by atoms with Crippen LogP contribution in [0.15, 0.2) is 364 Å². The molecule has 0 radical (unpaired) electrons. The van der Waals surface area contributed by atoms with Crippen LogP contribution in [0.4, 0.5) is 68.2 Å². The fourth-order valence-electron chi connectivity index (χ4n) is 15.9. The van der Waals surface area contributed by atoms with Crippen molar-refractivity contribution in [2.75, 3.05) is 19.6 Å². The van der Waals surface area contributed by atoms with E-state index < -0.39 is 0 Å². The van der Waals surface area contributed by atoms with Gasteiger partial charge in [0.05, 0.1) is 0 Å². The molecule has 446 valence electrons. The van der Waals surface area contributed by atoms with Crippen LogP contribution in [0.25, 0.3) is 66.8 Å². The second-order valence-electron chi connectivity index (χ2n) is 25.5. The summed E-state index contributed by atoms with van der Waals surface area (Å²) in [6.07, 6.45) is 0. The number of hydrogen-bond donors (Lipinski definition) is 0. The van der Waals surface area contributed by atoms with Crippen molar-refractivity contribution in [3.63, 3.8) is 0 Å². The summed E-state index contributed by atoms with van der Waals surface area (Å²) < 4.78 is 0. The van der Waals surface area contributed by atoms with Gasteiger partial charge in [0, 0.05) is 68.2 Å². The Morgan fingerprint density at radius 2 is 0.427 bits per heavy atom. The topological polar surface area (TPSA) is 13.0 Å². The maximum Gasteiger partial charge on any atom is 0.252 e. The predicted molar refractivity (Wildman–Crippen MR) is 407 cm³/mol. The average Bonchev–Trinajstić information content (AvgIpc) is 0.708. The SMILES string of the molecule is c1ccc(-c2cccc(N3c4cc(-c5ccccc5)ccc4B4c5ccc(-c6ccccc6)cc5N(c5ccc(-c6cccc(-c7ccc(N8c9ccc(-c%10ccccc%10)cc9B9c%10ccccc%10N(c%10ccccc%10)c%10cccc8c%109)cc7)c6)cc5)c5cccc3c54)c2)cc1. The zero-order valence-electron chi connectivity index (χ0n) is 52.6. The average molecular weight is 1220 g/mol. The first-order valence-electron chi connectivity index (χ1n) is 33.3. The maximum absolute atomic E-state index is 2.52. The molecule has 0 amide bonds. The van der Waals surface area contributed by atoms with Crippen LogP contribution in [-0.2, 0) is 0 Å². The summed E-state index contributed by atoms with van der Waals surface area (Å²) in [5.41, 5.74) is 35.9. The van der Waals surface area contributed by atoms with E-state index in [-0.39, 0.29) is 13.4 Å². The molecule has 19 rings (SSSR count). The molecule has 15 aromatic rings. The molecule has 0 spiro atoms. The van der Waals surface area contributed by atoms with Gasteiger partial charge >= 0.3 is 0 Å². The van der Waals surface area contributed by atoms with Crippen molar-refractivity contribution in [1.82, 2.24) is 0 Å². The van der Waals surface area contributed by atoms with E-state index in [1.807, 2.05) is 0 Å². The Morgan fingerprint density at radius 1 is 0.146 bits per heavy atom. The first kappa shape index (κ1) is 55.3. The van der Waals surface area contributed by atoms with Crippen LogP contribution in [0.2, 0.25) is 0 Å². The van der Waals surface area contributed by atoms with Crippen molar-refractivity contribution in [2.24, 2.45) is 0 Å². The van der Waals surface area contributed by atoms with Gasteiger partial charge in [0.15, 0.2) is 0 Å². The minimum Gasteiger partial charge on any atom is -0.311 e. The minimum absolute atomic E-state index is 0.0272. The van der Waals surface area contributed by atoms with Gasteiger partial charge in [-0.05, 0) is 203 Å². The van der Waals surface area contributed by atoms with Gasteiger partial charge in [0.25, 0.3) is 13.4 Å². The summed E-state index contributed by atoms with van der Waals surface area (Å²) in [5, 5.41) is 0. The molecule has 0 saturated heterocycles. The quantitative estimate of drug-likeness (QED) is 0.127. The number of benzene rings is 15. The highest BCUT2D eigenvalue weighted by Gasteiger charge is 2.45. The molecular formula is C90H60B2N4. The smallest absolute Gasteiger partial charge is 0.252 e. The normalized spacial score (nSPS) is 12.9. The number of fused-ring (bicyclic) bond motifs is 8. The third kappa shape index (κ3) is 9.09. The molecule has 4 aliphatic rings. The van der Waals surface area contributed by atoms with Crippen LogP contribution in [0.1, 0.15) is 0 Å². The number of para-hydroxylation sites is 2. The van der Waals surface area contributed by atoms with Crippen molar-refractivity contribution in [2.45, 2.75) is 0 Å². The van der Waals surface area contributed by atoms with E-state index in [0.717, 1.165) is 45.0 Å². The molecule has 15 aromatic carbocycles. The molecule has 4 heterocycles. The van der Waals surface area contributed by atoms with Crippen molar-refractivity contribution in [3.05, 3.63) is 364 Å². The lowest BCUT2D eigenvalue weighted by atomic mass is 9.33. The highest BCUT2D eigenvalue weighted by Crippen LogP contribution is 2.48. The van der Waals surface area contributed by atoms with Gasteiger partial charge in [-0.25, -0.2) is 0 Å². The fraction of sp³-hybridized carbons (Fsp3) is 0. The molecule has 4 nitrogen and oxygen atoms in total. The molecule has 0 bridgehead atoms. The van der Waals surface area contributed by atoms with E-state index in [9.17, 15) is 0 Å². The van der Waals surface area contributed by atoms with Crippen molar-refractivity contribution in [3.8, 4) is 66.8 Å². The van der Waals surface area contributed by atoms with Crippen molar-refractivity contribution in [1.29, 1.82) is 0 Å². The Morgan fingerprint density at radius 3 is 0.917 bits per heavy atom. The summed E-state index contributed by atoms with van der Waals surface area (Å²) in [5.74, 6) is 0. The highest BCUT2D eigenvalue weighted by atomic mass is 15.2. The molecule has 0 aromatic heterocycles. The third-order valence-electron chi connectivity index (χ3n) is 20.2. The zero-order chi connectivity index (χ0) is 63.2. The molecule has 96 heavy (non-hydrogen) atoms. The van der Waals surface area contributed by atoms with Gasteiger partial charge in [-0.3, -0.25) is 0 Å². The molecule has 0 fully saturated rings. The van der Waals surface area contributed by atoms with Crippen LogP contribution in [0, 0.1) is 0 Å². The Labute approximate surface area is 561 Å². The lowest BCUT2D eigenvalue weighted by Gasteiger charge is -2.44. The molecular weight excluding hydrogens is 1160 g/mol. The molecule has 4 aliphatic heterocycles. The number of nitrogens with zero attached hydrogens (tertiary/aromatic N) is 4. The van der Waals surface area contributed by atoms with Crippen molar-refractivity contribution >= 4 is 114 Å². The first-order chi connectivity index (χ1) is 47.6. The van der Waals surface area contributed by atoms with Crippen LogP contribution in [-0.4, -0.2) is 13.4 Å². The monoisotopic (exact) mass is 1220 g/mol. The summed E-state index contributed by atoms with van der Waals surface area (Å²) in [4.78, 5) is 9.99. The summed E-state index contributed by atoms with van der Waals surface area (Å²) in [6.45, 7) is 0.00595. The van der Waals surface area contributed by atoms with E-state index in [1.54, 1.807) is 0 Å². The van der Waals surface area contributed by atoms with E-state index in [4.69, 9.17) is 0 Å². The van der Waals surface area contributed by atoms with E-state index in [1.165, 1.54) is 123 Å². The molecule has 0 saturated carbocycles. The number of rotatable bonds is 10. The number of hydrogen-bond acceptors (Lipinski definition) is 4. The largest absolute Gasteiger partial charge is 0.311 e. The highest BCUT2D eigenvalue weighted by molar-refractivity contribution is 7.01. The molecule has 0 N–H and O–H groups in total. The van der Waals surface area contributed by atoms with Crippen LogP contribution in [0.3, 0.4) is 0 Å². The fourth-order valence-corrected chi connectivity index (χ4v) is 15.9. The van der Waals surface area contributed by atoms with E-state index in [0.29, 0.717) is 0 Å².